The molecule has 1 aromatic carbocycles. The van der Waals surface area contributed by atoms with Crippen LogP contribution < -0.4 is 10.2 Å². The molecule has 1 heterocycles. The quantitative estimate of drug-likeness (QED) is 0.394. The molecule has 0 spiro atoms. The summed E-state index contributed by atoms with van der Waals surface area (Å²) in [7, 11) is 7.64. The molecule has 7 nitrogen and oxygen atoms in total. The van der Waals surface area contributed by atoms with Gasteiger partial charge in [0.1, 0.15) is 6.54 Å². The number of hydrogen-bond acceptors (Lipinski definition) is 4. The lowest BCUT2D eigenvalue weighted by Gasteiger charge is -2.25. The topological polar surface area (TPSA) is 60.4 Å². The molecule has 0 aromatic heterocycles. The number of nitrogens with one attached hydrogen (secondary N) is 1. The Morgan fingerprint density at radius 2 is 1.96 bits per heavy atom. The van der Waals surface area contributed by atoms with Crippen LogP contribution in [0.4, 0.5) is 5.69 Å². The molecule has 1 N–H and O–H groups in total. The molecule has 1 aliphatic heterocycles. The van der Waals surface area contributed by atoms with Crippen LogP contribution in [0.15, 0.2) is 35.3 Å². The van der Waals surface area contributed by atoms with Crippen LogP contribution >= 0.6 is 0 Å². The predicted octanol–water partition coefficient (Wildman–Crippen LogP) is 1.52. The van der Waals surface area contributed by atoms with Crippen LogP contribution in [0.5, 0.6) is 0 Å². The van der Waals surface area contributed by atoms with E-state index in [1.165, 1.54) is 5.69 Å². The highest BCUT2D eigenvalue weighted by molar-refractivity contribution is 5.84. The number of guanidine groups is 1. The fraction of sp³-hybridized carbons (Fsp3) is 0.619. The molecule has 0 saturated carbocycles. The number of rotatable bonds is 9. The van der Waals surface area contributed by atoms with Crippen molar-refractivity contribution in [2.24, 2.45) is 10.9 Å². The van der Waals surface area contributed by atoms with E-state index in [0.29, 0.717) is 5.92 Å². The molecule has 1 unspecified atom stereocenters. The standard InChI is InChI=1S/C21H35N5O2/c1-24(2)20(27)15-23-21(26(4)16-18-11-14-28-17-18)22-12-8-13-25(3)19-9-6-5-7-10-19/h5-7,9-10,18H,8,11-17H2,1-4H3,(H,22,23). The van der Waals surface area contributed by atoms with Gasteiger partial charge in [0.25, 0.3) is 0 Å². The molecule has 1 atom stereocenters. The van der Waals surface area contributed by atoms with E-state index in [0.717, 1.165) is 51.6 Å². The first-order chi connectivity index (χ1) is 13.5. The number of anilines is 1. The van der Waals surface area contributed by atoms with Gasteiger partial charge in [0.2, 0.25) is 5.91 Å². The molecule has 7 heteroatoms. The zero-order valence-corrected chi connectivity index (χ0v) is 17.7. The number of carbonyl (C=O) groups excluding carboxylic acids is 1. The van der Waals surface area contributed by atoms with Crippen molar-refractivity contribution in [3.05, 3.63) is 30.3 Å². The minimum atomic E-state index is 0.000658. The Balaban J connectivity index is 1.85. The number of carbonyl (C=O) groups is 1. The molecule has 1 aliphatic rings. The summed E-state index contributed by atoms with van der Waals surface area (Å²) in [5, 5.41) is 3.43. The van der Waals surface area contributed by atoms with Crippen molar-refractivity contribution in [2.75, 3.05) is 72.5 Å². The van der Waals surface area contributed by atoms with E-state index in [4.69, 9.17) is 4.74 Å². The van der Waals surface area contributed by atoms with Gasteiger partial charge in [-0.1, -0.05) is 18.2 Å². The smallest absolute Gasteiger partial charge is 0.243 e. The Bertz CT molecular complexity index is 614. The lowest BCUT2D eigenvalue weighted by molar-refractivity contribution is -0.127. The number of benzene rings is 1. The maximum Gasteiger partial charge on any atom is 0.243 e. The largest absolute Gasteiger partial charge is 0.381 e. The summed E-state index contributed by atoms with van der Waals surface area (Å²) in [5.41, 5.74) is 1.21. The van der Waals surface area contributed by atoms with Gasteiger partial charge in [-0.3, -0.25) is 4.79 Å². The molecule has 2 rings (SSSR count). The van der Waals surface area contributed by atoms with Crippen LogP contribution in [0.3, 0.4) is 0 Å². The Hall–Kier alpha value is -2.28. The number of amides is 1. The van der Waals surface area contributed by atoms with Gasteiger partial charge in [-0.05, 0) is 25.0 Å². The molecule has 1 fully saturated rings. The second-order valence-corrected chi connectivity index (χ2v) is 7.58. The van der Waals surface area contributed by atoms with Crippen LogP contribution in [0.25, 0.3) is 0 Å². The fourth-order valence-electron chi connectivity index (χ4n) is 3.12. The maximum absolute atomic E-state index is 11.9. The van der Waals surface area contributed by atoms with E-state index in [1.807, 2.05) is 13.1 Å². The molecular formula is C21H35N5O2. The molecule has 0 bridgehead atoms. The van der Waals surface area contributed by atoms with Crippen molar-refractivity contribution in [3.63, 3.8) is 0 Å². The Labute approximate surface area is 169 Å². The van der Waals surface area contributed by atoms with Gasteiger partial charge in [-0.15, -0.1) is 0 Å². The molecule has 28 heavy (non-hydrogen) atoms. The zero-order chi connectivity index (χ0) is 20.4. The van der Waals surface area contributed by atoms with E-state index in [2.05, 4.69) is 51.4 Å². The van der Waals surface area contributed by atoms with Crippen LogP contribution in [0, 0.1) is 5.92 Å². The summed E-state index contributed by atoms with van der Waals surface area (Å²) in [6.07, 6.45) is 2.06. The van der Waals surface area contributed by atoms with Gasteiger partial charge in [-0.2, -0.15) is 0 Å². The van der Waals surface area contributed by atoms with E-state index in [-0.39, 0.29) is 12.5 Å². The van der Waals surface area contributed by atoms with E-state index in [9.17, 15) is 4.79 Å². The van der Waals surface area contributed by atoms with Crippen molar-refractivity contribution < 1.29 is 9.53 Å². The van der Waals surface area contributed by atoms with Crippen molar-refractivity contribution in [3.8, 4) is 0 Å². The molecule has 156 valence electrons. The van der Waals surface area contributed by atoms with Gasteiger partial charge < -0.3 is 24.8 Å². The van der Waals surface area contributed by atoms with Gasteiger partial charge >= 0.3 is 0 Å². The zero-order valence-electron chi connectivity index (χ0n) is 17.7. The highest BCUT2D eigenvalue weighted by atomic mass is 16.5. The third-order valence-electron chi connectivity index (χ3n) is 4.93. The van der Waals surface area contributed by atoms with Crippen LogP contribution in [-0.4, -0.2) is 89.3 Å². The van der Waals surface area contributed by atoms with Crippen molar-refractivity contribution in [1.82, 2.24) is 15.1 Å². The van der Waals surface area contributed by atoms with E-state index in [1.54, 1.807) is 19.0 Å². The van der Waals surface area contributed by atoms with Crippen LogP contribution in [0.1, 0.15) is 12.8 Å². The number of ether oxygens (including phenoxy) is 1. The molecule has 1 amide bonds. The van der Waals surface area contributed by atoms with Gasteiger partial charge in [0.05, 0.1) is 6.61 Å². The summed E-state index contributed by atoms with van der Waals surface area (Å²) < 4.78 is 5.48. The number of hydrogen-bond donors (Lipinski definition) is 1. The lowest BCUT2D eigenvalue weighted by atomic mass is 10.1. The molecule has 1 saturated heterocycles. The number of para-hydroxylation sites is 1. The number of aliphatic imine (C=N–C) groups is 1. The highest BCUT2D eigenvalue weighted by Crippen LogP contribution is 2.13. The summed E-state index contributed by atoms with van der Waals surface area (Å²) in [5.74, 6) is 1.30. The summed E-state index contributed by atoms with van der Waals surface area (Å²) >= 11 is 0. The summed E-state index contributed by atoms with van der Waals surface area (Å²) in [6, 6.07) is 10.4. The van der Waals surface area contributed by atoms with Crippen molar-refractivity contribution in [1.29, 1.82) is 0 Å². The average molecular weight is 390 g/mol. The summed E-state index contributed by atoms with van der Waals surface area (Å²) in [4.78, 5) is 22.4. The molecule has 0 aliphatic carbocycles. The Kier molecular flexibility index (Phi) is 9.07. The van der Waals surface area contributed by atoms with Gasteiger partial charge in [0.15, 0.2) is 5.96 Å². The van der Waals surface area contributed by atoms with Gasteiger partial charge in [0, 0.05) is 66.0 Å². The van der Waals surface area contributed by atoms with E-state index < -0.39 is 0 Å². The minimum absolute atomic E-state index is 0.000658. The molecule has 0 radical (unpaired) electrons. The number of nitrogens with zero attached hydrogens (tertiary/aromatic N) is 4. The van der Waals surface area contributed by atoms with Crippen molar-refractivity contribution >= 4 is 17.6 Å². The first kappa shape index (κ1) is 22.0. The second kappa shape index (κ2) is 11.5. The maximum atomic E-state index is 11.9. The highest BCUT2D eigenvalue weighted by Gasteiger charge is 2.19. The Morgan fingerprint density at radius 3 is 2.61 bits per heavy atom. The normalized spacial score (nSPS) is 16.7. The predicted molar refractivity (Wildman–Crippen MR) is 115 cm³/mol. The monoisotopic (exact) mass is 389 g/mol. The SMILES string of the molecule is CN(C)C(=O)CN=C(NCCCN(C)c1ccccc1)N(C)CC1CCOC1. The van der Waals surface area contributed by atoms with Gasteiger partial charge in [-0.25, -0.2) is 4.99 Å². The first-order valence-corrected chi connectivity index (χ1v) is 10.0. The van der Waals surface area contributed by atoms with Crippen LogP contribution in [-0.2, 0) is 9.53 Å². The second-order valence-electron chi connectivity index (χ2n) is 7.58. The third-order valence-corrected chi connectivity index (χ3v) is 4.93. The Morgan fingerprint density at radius 1 is 1.21 bits per heavy atom. The van der Waals surface area contributed by atoms with Crippen molar-refractivity contribution in [2.45, 2.75) is 12.8 Å². The van der Waals surface area contributed by atoms with E-state index >= 15 is 0 Å². The molecule has 1 aromatic rings. The minimum Gasteiger partial charge on any atom is -0.381 e. The fourth-order valence-corrected chi connectivity index (χ4v) is 3.12. The number of likely N-dealkylation sites (N-methyl/N-ethyl adjacent to an activating group) is 1. The first-order valence-electron chi connectivity index (χ1n) is 10.0. The molecular weight excluding hydrogens is 354 g/mol. The third kappa shape index (κ3) is 7.38. The average Bonchev–Trinajstić information content (AvgIpc) is 3.20. The lowest BCUT2D eigenvalue weighted by Crippen LogP contribution is -2.43. The summed E-state index contributed by atoms with van der Waals surface area (Å²) in [6.45, 7) is 4.43. The van der Waals surface area contributed by atoms with Crippen LogP contribution in [0.2, 0.25) is 0 Å².